The SMILES string of the molecule is CN(C)c1ccc(C(=O)N2CCC(NC(=O)Cc3ccc(Cl)cc3)CC2)cc1. The standard InChI is InChI=1S/C22H26ClN3O2/c1-25(2)20-9-5-17(6-10-20)22(28)26-13-11-19(12-14-26)24-21(27)15-16-3-7-18(23)8-4-16/h3-10,19H,11-15H2,1-2H3,(H,24,27). The molecule has 0 spiro atoms. The molecule has 0 aromatic heterocycles. The molecule has 1 aliphatic heterocycles. The van der Waals surface area contributed by atoms with Crippen molar-refractivity contribution in [1.82, 2.24) is 10.2 Å². The highest BCUT2D eigenvalue weighted by molar-refractivity contribution is 6.30. The fourth-order valence-electron chi connectivity index (χ4n) is 3.38. The third kappa shape index (κ3) is 5.26. The summed E-state index contributed by atoms with van der Waals surface area (Å²) in [6.45, 7) is 1.31. The minimum absolute atomic E-state index is 0.00590. The summed E-state index contributed by atoms with van der Waals surface area (Å²) in [7, 11) is 3.95. The van der Waals surface area contributed by atoms with E-state index in [0.717, 1.165) is 24.1 Å². The van der Waals surface area contributed by atoms with Crippen molar-refractivity contribution in [1.29, 1.82) is 0 Å². The van der Waals surface area contributed by atoms with Crippen LogP contribution in [0.3, 0.4) is 0 Å². The van der Waals surface area contributed by atoms with Crippen molar-refractivity contribution in [3.8, 4) is 0 Å². The number of hydrogen-bond acceptors (Lipinski definition) is 3. The van der Waals surface area contributed by atoms with Crippen molar-refractivity contribution in [3.63, 3.8) is 0 Å². The molecular formula is C22H26ClN3O2. The van der Waals surface area contributed by atoms with Gasteiger partial charge in [-0.2, -0.15) is 0 Å². The number of halogens is 1. The van der Waals surface area contributed by atoms with E-state index in [-0.39, 0.29) is 17.9 Å². The van der Waals surface area contributed by atoms with Crippen molar-refractivity contribution >= 4 is 29.1 Å². The molecule has 0 saturated carbocycles. The van der Waals surface area contributed by atoms with Crippen molar-refractivity contribution in [2.75, 3.05) is 32.1 Å². The molecule has 148 valence electrons. The second-order valence-corrected chi connectivity index (χ2v) is 7.81. The second-order valence-electron chi connectivity index (χ2n) is 7.38. The van der Waals surface area contributed by atoms with Crippen LogP contribution in [0.2, 0.25) is 5.02 Å². The summed E-state index contributed by atoms with van der Waals surface area (Å²) in [4.78, 5) is 28.8. The summed E-state index contributed by atoms with van der Waals surface area (Å²) >= 11 is 5.87. The highest BCUT2D eigenvalue weighted by Crippen LogP contribution is 2.17. The zero-order valence-corrected chi connectivity index (χ0v) is 17.1. The van der Waals surface area contributed by atoms with Gasteiger partial charge in [0.1, 0.15) is 0 Å². The smallest absolute Gasteiger partial charge is 0.253 e. The Hall–Kier alpha value is -2.53. The van der Waals surface area contributed by atoms with Gasteiger partial charge in [0.15, 0.2) is 0 Å². The first kappa shape index (κ1) is 20.2. The van der Waals surface area contributed by atoms with E-state index in [0.29, 0.717) is 30.1 Å². The van der Waals surface area contributed by atoms with Crippen LogP contribution in [0.4, 0.5) is 5.69 Å². The van der Waals surface area contributed by atoms with Gasteiger partial charge in [-0.15, -0.1) is 0 Å². The Balaban J connectivity index is 1.47. The number of amides is 2. The number of hydrogen-bond donors (Lipinski definition) is 1. The topological polar surface area (TPSA) is 52.7 Å². The molecule has 0 atom stereocenters. The van der Waals surface area contributed by atoms with E-state index in [2.05, 4.69) is 5.32 Å². The van der Waals surface area contributed by atoms with Gasteiger partial charge in [0.25, 0.3) is 5.91 Å². The second kappa shape index (κ2) is 9.11. The summed E-state index contributed by atoms with van der Waals surface area (Å²) < 4.78 is 0. The molecule has 5 nitrogen and oxygen atoms in total. The van der Waals surface area contributed by atoms with Crippen molar-refractivity contribution < 1.29 is 9.59 Å². The molecule has 1 fully saturated rings. The molecule has 1 N–H and O–H groups in total. The van der Waals surface area contributed by atoms with Crippen LogP contribution in [-0.4, -0.2) is 49.9 Å². The Bertz CT molecular complexity index is 811. The van der Waals surface area contributed by atoms with Crippen molar-refractivity contribution in [3.05, 3.63) is 64.7 Å². The van der Waals surface area contributed by atoms with E-state index >= 15 is 0 Å². The van der Waals surface area contributed by atoms with Crippen LogP contribution in [-0.2, 0) is 11.2 Å². The predicted octanol–water partition coefficient (Wildman–Crippen LogP) is 3.37. The van der Waals surface area contributed by atoms with Crippen molar-refractivity contribution in [2.24, 2.45) is 0 Å². The summed E-state index contributed by atoms with van der Waals surface area (Å²) in [5.41, 5.74) is 2.71. The van der Waals surface area contributed by atoms with E-state index in [4.69, 9.17) is 11.6 Å². The first-order chi connectivity index (χ1) is 13.4. The van der Waals surface area contributed by atoms with Gasteiger partial charge in [0.05, 0.1) is 6.42 Å². The predicted molar refractivity (Wildman–Crippen MR) is 113 cm³/mol. The molecule has 2 aromatic carbocycles. The summed E-state index contributed by atoms with van der Waals surface area (Å²) in [6, 6.07) is 15.1. The minimum atomic E-state index is 0.00590. The lowest BCUT2D eigenvalue weighted by Gasteiger charge is -2.32. The van der Waals surface area contributed by atoms with Crippen LogP contribution in [0.1, 0.15) is 28.8 Å². The van der Waals surface area contributed by atoms with Crippen LogP contribution in [0.5, 0.6) is 0 Å². The van der Waals surface area contributed by atoms with E-state index in [1.165, 1.54) is 0 Å². The summed E-state index contributed by atoms with van der Waals surface area (Å²) in [5, 5.41) is 3.75. The van der Waals surface area contributed by atoms with Gasteiger partial charge in [-0.25, -0.2) is 0 Å². The first-order valence-corrected chi connectivity index (χ1v) is 9.90. The molecule has 1 heterocycles. The van der Waals surface area contributed by atoms with Crippen molar-refractivity contribution in [2.45, 2.75) is 25.3 Å². The molecule has 2 amide bonds. The van der Waals surface area contributed by atoms with E-state index in [1.807, 2.05) is 60.3 Å². The van der Waals surface area contributed by atoms with Crippen LogP contribution in [0, 0.1) is 0 Å². The third-order valence-electron chi connectivity index (χ3n) is 5.06. The largest absolute Gasteiger partial charge is 0.378 e. The molecule has 2 aromatic rings. The Labute approximate surface area is 171 Å². The Morgan fingerprint density at radius 3 is 2.21 bits per heavy atom. The molecule has 28 heavy (non-hydrogen) atoms. The van der Waals surface area contributed by atoms with E-state index < -0.39 is 0 Å². The van der Waals surface area contributed by atoms with E-state index in [9.17, 15) is 9.59 Å². The van der Waals surface area contributed by atoms with Gasteiger partial charge < -0.3 is 15.1 Å². The van der Waals surface area contributed by atoms with Gasteiger partial charge in [0.2, 0.25) is 5.91 Å². The Morgan fingerprint density at radius 1 is 1.04 bits per heavy atom. The molecule has 0 radical (unpaired) electrons. The maximum absolute atomic E-state index is 12.7. The van der Waals surface area contributed by atoms with Crippen LogP contribution < -0.4 is 10.2 Å². The lowest BCUT2D eigenvalue weighted by atomic mass is 10.0. The molecular weight excluding hydrogens is 374 g/mol. The summed E-state index contributed by atoms with van der Waals surface area (Å²) in [5.74, 6) is 0.0580. The number of nitrogens with one attached hydrogen (secondary N) is 1. The van der Waals surface area contributed by atoms with Gasteiger partial charge in [-0.05, 0) is 54.8 Å². The Kier molecular flexibility index (Phi) is 6.57. The maximum atomic E-state index is 12.7. The molecule has 3 rings (SSSR count). The number of carbonyl (C=O) groups excluding carboxylic acids is 2. The summed E-state index contributed by atoms with van der Waals surface area (Å²) in [6.07, 6.45) is 1.89. The van der Waals surface area contributed by atoms with Crippen LogP contribution >= 0.6 is 11.6 Å². The molecule has 1 aliphatic rings. The monoisotopic (exact) mass is 399 g/mol. The average molecular weight is 400 g/mol. The average Bonchev–Trinajstić information content (AvgIpc) is 2.70. The fraction of sp³-hybridized carbons (Fsp3) is 0.364. The number of benzene rings is 2. The zero-order valence-electron chi connectivity index (χ0n) is 16.3. The maximum Gasteiger partial charge on any atom is 0.253 e. The number of carbonyl (C=O) groups is 2. The lowest BCUT2D eigenvalue weighted by molar-refractivity contribution is -0.121. The molecule has 6 heteroatoms. The number of piperidine rings is 1. The third-order valence-corrected chi connectivity index (χ3v) is 5.31. The van der Waals surface area contributed by atoms with Gasteiger partial charge in [-0.3, -0.25) is 9.59 Å². The Morgan fingerprint density at radius 2 is 1.64 bits per heavy atom. The fourth-order valence-corrected chi connectivity index (χ4v) is 3.50. The number of nitrogens with zero attached hydrogens (tertiary/aromatic N) is 2. The zero-order chi connectivity index (χ0) is 20.1. The molecule has 0 aliphatic carbocycles. The van der Waals surface area contributed by atoms with E-state index in [1.54, 1.807) is 12.1 Å². The van der Waals surface area contributed by atoms with Crippen LogP contribution in [0.15, 0.2) is 48.5 Å². The quantitative estimate of drug-likeness (QED) is 0.838. The lowest BCUT2D eigenvalue weighted by Crippen LogP contribution is -2.46. The van der Waals surface area contributed by atoms with Gasteiger partial charge in [0, 0.05) is 49.5 Å². The normalized spacial score (nSPS) is 14.6. The minimum Gasteiger partial charge on any atom is -0.378 e. The number of likely N-dealkylation sites (tertiary alicyclic amines) is 1. The first-order valence-electron chi connectivity index (χ1n) is 9.53. The van der Waals surface area contributed by atoms with Gasteiger partial charge in [-0.1, -0.05) is 23.7 Å². The molecule has 1 saturated heterocycles. The molecule has 0 bridgehead atoms. The highest BCUT2D eigenvalue weighted by Gasteiger charge is 2.24. The highest BCUT2D eigenvalue weighted by atomic mass is 35.5. The molecule has 0 unspecified atom stereocenters. The van der Waals surface area contributed by atoms with Crippen LogP contribution in [0.25, 0.3) is 0 Å². The number of anilines is 1. The van der Waals surface area contributed by atoms with Gasteiger partial charge >= 0.3 is 0 Å². The number of rotatable bonds is 5.